The average Bonchev–Trinajstić information content (AvgIpc) is 3.90. The van der Waals surface area contributed by atoms with Crippen LogP contribution in [0.25, 0.3) is 11.8 Å². The molecule has 0 unspecified atom stereocenters. The van der Waals surface area contributed by atoms with Crippen LogP contribution in [0.15, 0.2) is 52.6 Å². The van der Waals surface area contributed by atoms with E-state index in [9.17, 15) is 17.6 Å². The van der Waals surface area contributed by atoms with Crippen LogP contribution in [0.5, 0.6) is 0 Å². The fourth-order valence-corrected chi connectivity index (χ4v) is 9.40. The molecule has 4 aliphatic rings. The number of fused-ring (bicyclic) bond motifs is 2. The molecule has 10 nitrogen and oxygen atoms in total. The van der Waals surface area contributed by atoms with Gasteiger partial charge in [0.2, 0.25) is 10.8 Å². The molecule has 0 aliphatic heterocycles. The van der Waals surface area contributed by atoms with Crippen molar-refractivity contribution in [3.8, 4) is 5.69 Å². The van der Waals surface area contributed by atoms with E-state index in [1.165, 1.54) is 34.5 Å². The Hall–Kier alpha value is -3.55. The standard InChI is InChI=1S/C31H32FN7O3S2/c1-37-33-16-28(36-37)44(41,42)38(17-19-2-3-19)25-9-6-22-12-27-21(15-34-39(27)24-10-7-23(32)8-11-24)13-31(22,14-25)29(40)30-35-26(18-43-30)20-4-5-20/h7-8,10-12,15-16,18-20,25H,2-6,9,13-14,17H2,1H3/t25-,31-/m0/s1. The van der Waals surface area contributed by atoms with Crippen LogP contribution in [0.3, 0.4) is 0 Å². The Labute approximate surface area is 258 Å². The number of aryl methyl sites for hydroxylation is 1. The zero-order valence-electron chi connectivity index (χ0n) is 24.3. The highest BCUT2D eigenvalue weighted by molar-refractivity contribution is 7.89. The molecule has 44 heavy (non-hydrogen) atoms. The van der Waals surface area contributed by atoms with Crippen LogP contribution in [0, 0.1) is 17.2 Å². The smallest absolute Gasteiger partial charge is 0.264 e. The highest BCUT2D eigenvalue weighted by Gasteiger charge is 2.53. The summed E-state index contributed by atoms with van der Waals surface area (Å²) in [6, 6.07) is 5.80. The number of Topliss-reactive ketones (excluding diaryl/α,β-unsaturated/α-hetero) is 1. The summed E-state index contributed by atoms with van der Waals surface area (Å²) in [5, 5.41) is 15.2. The van der Waals surface area contributed by atoms with E-state index in [2.05, 4.69) is 21.4 Å². The number of allylic oxidation sites excluding steroid dienone is 1. The Kier molecular flexibility index (Phi) is 6.51. The van der Waals surface area contributed by atoms with E-state index in [1.54, 1.807) is 34.4 Å². The summed E-state index contributed by atoms with van der Waals surface area (Å²) in [5.74, 6) is 0.362. The van der Waals surface area contributed by atoms with Crippen molar-refractivity contribution in [2.24, 2.45) is 18.4 Å². The van der Waals surface area contributed by atoms with Gasteiger partial charge in [0.1, 0.15) is 5.82 Å². The number of hydrogen-bond donors (Lipinski definition) is 0. The Morgan fingerprint density at radius 3 is 2.61 bits per heavy atom. The van der Waals surface area contributed by atoms with Gasteiger partial charge in [-0.25, -0.2) is 22.5 Å². The first-order valence-electron chi connectivity index (χ1n) is 15.1. The van der Waals surface area contributed by atoms with Gasteiger partial charge in [0.15, 0.2) is 5.01 Å². The molecule has 8 rings (SSSR count). The van der Waals surface area contributed by atoms with E-state index < -0.39 is 15.4 Å². The first-order valence-corrected chi connectivity index (χ1v) is 17.5. The van der Waals surface area contributed by atoms with Gasteiger partial charge in [-0.3, -0.25) is 4.79 Å². The second-order valence-electron chi connectivity index (χ2n) is 12.6. The lowest BCUT2D eigenvalue weighted by Gasteiger charge is -2.46. The quantitative estimate of drug-likeness (QED) is 0.240. The molecule has 0 radical (unpaired) electrons. The summed E-state index contributed by atoms with van der Waals surface area (Å²) >= 11 is 1.39. The fourth-order valence-electron chi connectivity index (χ4n) is 6.84. The Morgan fingerprint density at radius 2 is 1.91 bits per heavy atom. The molecule has 0 amide bonds. The number of sulfonamides is 1. The number of hydrogen-bond acceptors (Lipinski definition) is 8. The Morgan fingerprint density at radius 1 is 1.11 bits per heavy atom. The molecule has 0 N–H and O–H groups in total. The maximum atomic E-state index is 14.7. The van der Waals surface area contributed by atoms with Gasteiger partial charge in [-0.2, -0.15) is 19.3 Å². The fraction of sp³-hybridized carbons (Fsp3) is 0.452. The highest BCUT2D eigenvalue weighted by Crippen LogP contribution is 2.52. The third kappa shape index (κ3) is 4.76. The van der Waals surface area contributed by atoms with E-state index in [-0.39, 0.29) is 22.7 Å². The predicted molar refractivity (Wildman–Crippen MR) is 161 cm³/mol. The molecule has 3 aromatic heterocycles. The zero-order valence-corrected chi connectivity index (χ0v) is 25.9. The number of rotatable bonds is 9. The van der Waals surface area contributed by atoms with Gasteiger partial charge in [-0.05, 0) is 93.2 Å². The number of halogens is 1. The van der Waals surface area contributed by atoms with Crippen LogP contribution in [0.1, 0.15) is 77.6 Å². The first kappa shape index (κ1) is 28.0. The van der Waals surface area contributed by atoms with Gasteiger partial charge in [0.05, 0.1) is 34.9 Å². The lowest BCUT2D eigenvalue weighted by Crippen LogP contribution is -2.51. The van der Waals surface area contributed by atoms with Gasteiger partial charge in [0.25, 0.3) is 10.0 Å². The topological polar surface area (TPSA) is 116 Å². The zero-order chi connectivity index (χ0) is 30.2. The number of carbonyl (C=O) groups is 1. The number of ketones is 1. The van der Waals surface area contributed by atoms with Gasteiger partial charge in [-0.1, -0.05) is 5.57 Å². The van der Waals surface area contributed by atoms with Gasteiger partial charge in [-0.15, -0.1) is 16.4 Å². The number of aromatic nitrogens is 6. The van der Waals surface area contributed by atoms with Gasteiger partial charge >= 0.3 is 0 Å². The molecule has 4 aliphatic carbocycles. The average molecular weight is 634 g/mol. The lowest BCUT2D eigenvalue weighted by atomic mass is 9.61. The maximum Gasteiger partial charge on any atom is 0.264 e. The minimum atomic E-state index is -3.94. The summed E-state index contributed by atoms with van der Waals surface area (Å²) < 4.78 is 45.2. The van der Waals surface area contributed by atoms with Crippen LogP contribution in [0.4, 0.5) is 4.39 Å². The van der Waals surface area contributed by atoms with E-state index in [0.29, 0.717) is 49.1 Å². The molecule has 3 heterocycles. The van der Waals surface area contributed by atoms with E-state index in [1.807, 2.05) is 5.38 Å². The molecule has 3 saturated carbocycles. The molecule has 2 atom stereocenters. The molecule has 3 fully saturated rings. The molecular weight excluding hydrogens is 602 g/mol. The lowest BCUT2D eigenvalue weighted by molar-refractivity contribution is 0.0740. The summed E-state index contributed by atoms with van der Waals surface area (Å²) in [4.78, 5) is 20.8. The molecule has 0 spiro atoms. The summed E-state index contributed by atoms with van der Waals surface area (Å²) in [7, 11) is -2.33. The van der Waals surface area contributed by atoms with Crippen molar-refractivity contribution < 1.29 is 17.6 Å². The SMILES string of the molecule is Cn1ncc(S(=O)(=O)N(CC2CC2)[C@H]2CCC3=Cc4c(cnn4-c4ccc(F)cc4)C[C@]3(C(=O)c3nc(C4CC4)cs3)C2)n1. The number of carbonyl (C=O) groups excluding carboxylic acids is 1. The highest BCUT2D eigenvalue weighted by atomic mass is 32.2. The van der Waals surface area contributed by atoms with Crippen LogP contribution >= 0.6 is 11.3 Å². The summed E-state index contributed by atoms with van der Waals surface area (Å²) in [5.41, 5.74) is 3.50. The normalized spacial score (nSPS) is 23.3. The Balaban J connectivity index is 1.21. The third-order valence-corrected chi connectivity index (χ3v) is 12.2. The number of thiazole rings is 1. The van der Waals surface area contributed by atoms with Crippen LogP contribution in [0.2, 0.25) is 0 Å². The summed E-state index contributed by atoms with van der Waals surface area (Å²) in [6.07, 6.45) is 11.2. The van der Waals surface area contributed by atoms with E-state index in [4.69, 9.17) is 4.98 Å². The van der Waals surface area contributed by atoms with Crippen molar-refractivity contribution in [1.29, 1.82) is 0 Å². The molecule has 13 heteroatoms. The molecule has 0 bridgehead atoms. The van der Waals surface area contributed by atoms with Crippen molar-refractivity contribution in [3.05, 3.63) is 75.4 Å². The number of benzene rings is 1. The van der Waals surface area contributed by atoms with Crippen molar-refractivity contribution in [2.75, 3.05) is 6.54 Å². The molecule has 0 saturated heterocycles. The number of nitrogens with zero attached hydrogens (tertiary/aromatic N) is 7. The minimum Gasteiger partial charge on any atom is -0.290 e. The molecule has 4 aromatic rings. The second-order valence-corrected chi connectivity index (χ2v) is 15.3. The van der Waals surface area contributed by atoms with Gasteiger partial charge < -0.3 is 0 Å². The first-order chi connectivity index (χ1) is 21.2. The van der Waals surface area contributed by atoms with Gasteiger partial charge in [0, 0.05) is 30.9 Å². The Bertz CT molecular complexity index is 1900. The largest absolute Gasteiger partial charge is 0.290 e. The monoisotopic (exact) mass is 633 g/mol. The summed E-state index contributed by atoms with van der Waals surface area (Å²) in [6.45, 7) is 0.406. The van der Waals surface area contributed by atoms with E-state index >= 15 is 0 Å². The molecular formula is C31H32FN7O3S2. The van der Waals surface area contributed by atoms with Crippen molar-refractivity contribution in [3.63, 3.8) is 0 Å². The third-order valence-electron chi connectivity index (χ3n) is 9.55. The van der Waals surface area contributed by atoms with Crippen molar-refractivity contribution in [2.45, 2.75) is 68.4 Å². The predicted octanol–water partition coefficient (Wildman–Crippen LogP) is 4.94. The molecule has 1 aromatic carbocycles. The van der Waals surface area contributed by atoms with Crippen LogP contribution < -0.4 is 0 Å². The second kappa shape index (κ2) is 10.2. The minimum absolute atomic E-state index is 0.0474. The van der Waals surface area contributed by atoms with Crippen molar-refractivity contribution >= 4 is 33.2 Å². The van der Waals surface area contributed by atoms with E-state index in [0.717, 1.165) is 53.9 Å². The van der Waals surface area contributed by atoms with Crippen LogP contribution in [-0.2, 0) is 23.5 Å². The maximum absolute atomic E-state index is 14.7. The molecule has 228 valence electrons. The van der Waals surface area contributed by atoms with Crippen LogP contribution in [-0.4, -0.2) is 60.9 Å². The van der Waals surface area contributed by atoms with Crippen molar-refractivity contribution in [1.82, 2.24) is 34.1 Å².